The Morgan fingerprint density at radius 1 is 0.732 bits per heavy atom. The molecule has 0 N–H and O–H groups in total. The van der Waals surface area contributed by atoms with E-state index in [1.165, 1.54) is 0 Å². The third-order valence-corrected chi connectivity index (χ3v) is 8.87. The van der Waals surface area contributed by atoms with E-state index >= 15 is 0 Å². The van der Waals surface area contributed by atoms with E-state index < -0.39 is 16.8 Å². The Kier molecular flexibility index (Phi) is 6.11. The summed E-state index contributed by atoms with van der Waals surface area (Å²) in [6, 6.07) is 36.7. The van der Waals surface area contributed by atoms with Gasteiger partial charge in [0, 0.05) is 31.5 Å². The van der Waals surface area contributed by atoms with Crippen molar-refractivity contribution in [1.29, 1.82) is 0 Å². The van der Waals surface area contributed by atoms with Gasteiger partial charge in [0.1, 0.15) is 11.2 Å². The van der Waals surface area contributed by atoms with Crippen LogP contribution in [0.3, 0.4) is 0 Å². The first-order chi connectivity index (χ1) is 19.9. The summed E-state index contributed by atoms with van der Waals surface area (Å²) in [5.41, 5.74) is 4.03. The van der Waals surface area contributed by atoms with E-state index in [1.807, 2.05) is 59.5 Å². The van der Waals surface area contributed by atoms with Crippen LogP contribution in [0.5, 0.6) is 0 Å². The number of likely N-dealkylation sites (tertiary alicyclic amines) is 1. The highest BCUT2D eigenvalue weighted by molar-refractivity contribution is 5.91. The molecule has 0 spiro atoms. The van der Waals surface area contributed by atoms with Gasteiger partial charge >= 0.3 is 0 Å². The maximum absolute atomic E-state index is 14.9. The van der Waals surface area contributed by atoms with Gasteiger partial charge in [0.2, 0.25) is 5.91 Å². The lowest BCUT2D eigenvalue weighted by Crippen LogP contribution is -2.67. The minimum absolute atomic E-state index is 0.00886. The molecule has 3 heterocycles. The Morgan fingerprint density at radius 2 is 1.32 bits per heavy atom. The number of benzene rings is 4. The molecule has 7 rings (SSSR count). The fourth-order valence-electron chi connectivity index (χ4n) is 6.56. The second-order valence-electron chi connectivity index (χ2n) is 11.6. The molecule has 0 bridgehead atoms. The predicted molar refractivity (Wildman–Crippen MR) is 157 cm³/mol. The van der Waals surface area contributed by atoms with Crippen LogP contribution in [0, 0.1) is 19.3 Å². The summed E-state index contributed by atoms with van der Waals surface area (Å²) in [6.07, 6.45) is 2.84. The second kappa shape index (κ2) is 9.72. The normalized spacial score (nSPS) is 24.7. The lowest BCUT2D eigenvalue weighted by Gasteiger charge is -2.55. The summed E-state index contributed by atoms with van der Waals surface area (Å²) >= 11 is 0. The number of piperidine rings is 1. The molecule has 5 nitrogen and oxygen atoms in total. The van der Waals surface area contributed by atoms with Crippen LogP contribution in [0.4, 0.5) is 0 Å². The van der Waals surface area contributed by atoms with E-state index in [0.29, 0.717) is 31.7 Å². The lowest BCUT2D eigenvalue weighted by molar-refractivity contribution is -0.501. The molecule has 3 aliphatic rings. The van der Waals surface area contributed by atoms with Crippen molar-refractivity contribution in [1.82, 2.24) is 4.90 Å². The second-order valence-corrected chi connectivity index (χ2v) is 11.6. The fourth-order valence-corrected chi connectivity index (χ4v) is 6.56. The van der Waals surface area contributed by atoms with Gasteiger partial charge in [0.15, 0.2) is 5.60 Å². The van der Waals surface area contributed by atoms with Crippen LogP contribution >= 0.6 is 0 Å². The number of amides is 1. The molecule has 2 unspecified atom stereocenters. The van der Waals surface area contributed by atoms with Crippen LogP contribution in [-0.2, 0) is 31.5 Å². The maximum atomic E-state index is 14.9. The van der Waals surface area contributed by atoms with Gasteiger partial charge in [-0.2, -0.15) is 4.89 Å². The summed E-state index contributed by atoms with van der Waals surface area (Å²) in [6.45, 7) is 5.15. The van der Waals surface area contributed by atoms with Crippen LogP contribution in [0.1, 0.15) is 46.2 Å². The number of hydrogen-bond acceptors (Lipinski definition) is 4. The molecule has 41 heavy (non-hydrogen) atoms. The van der Waals surface area contributed by atoms with Crippen molar-refractivity contribution >= 4 is 11.7 Å². The van der Waals surface area contributed by atoms with E-state index in [-0.39, 0.29) is 5.91 Å². The molecule has 0 aliphatic carbocycles. The molecule has 0 saturated carbocycles. The van der Waals surface area contributed by atoms with Gasteiger partial charge in [-0.05, 0) is 36.6 Å². The number of aryl methyl sites for hydroxylation is 2. The van der Waals surface area contributed by atoms with Crippen molar-refractivity contribution in [2.75, 3.05) is 6.54 Å². The largest absolute Gasteiger partial charge is 0.458 e. The number of carbonyl (C=O) groups excluding carboxylic acids is 1. The smallest absolute Gasteiger partial charge is 0.260 e. The predicted octanol–water partition coefficient (Wildman–Crippen LogP) is 7.09. The van der Waals surface area contributed by atoms with Crippen molar-refractivity contribution in [2.45, 2.75) is 44.6 Å². The van der Waals surface area contributed by atoms with Crippen LogP contribution < -0.4 is 0 Å². The number of nitrogens with zero attached hydrogens (tertiary/aromatic N) is 1. The third kappa shape index (κ3) is 4.11. The third-order valence-electron chi connectivity index (χ3n) is 8.87. The molecule has 2 saturated heterocycles. The number of hydrogen-bond donors (Lipinski definition) is 0. The van der Waals surface area contributed by atoms with Crippen molar-refractivity contribution < 1.29 is 19.3 Å². The first kappa shape index (κ1) is 25.8. The number of rotatable bonds is 5. The molecule has 4 aromatic rings. The minimum Gasteiger partial charge on any atom is -0.458 e. The van der Waals surface area contributed by atoms with Gasteiger partial charge in [0.05, 0.1) is 0 Å². The van der Waals surface area contributed by atoms with Crippen molar-refractivity contribution in [3.63, 3.8) is 0 Å². The Balaban J connectivity index is 1.40. The maximum Gasteiger partial charge on any atom is 0.260 e. The lowest BCUT2D eigenvalue weighted by atomic mass is 9.64. The van der Waals surface area contributed by atoms with Gasteiger partial charge in [-0.3, -0.25) is 4.79 Å². The zero-order valence-corrected chi connectivity index (χ0v) is 23.4. The Hall–Kier alpha value is -4.19. The van der Waals surface area contributed by atoms with E-state index in [4.69, 9.17) is 14.5 Å². The van der Waals surface area contributed by atoms with E-state index in [9.17, 15) is 4.79 Å². The highest BCUT2D eigenvalue weighted by Gasteiger charge is 2.72. The molecule has 0 radical (unpaired) electrons. The Bertz CT molecular complexity index is 1550. The van der Waals surface area contributed by atoms with Gasteiger partial charge in [0.25, 0.3) is 5.79 Å². The van der Waals surface area contributed by atoms with E-state index in [0.717, 1.165) is 33.4 Å². The molecule has 4 aromatic carbocycles. The average molecular weight is 544 g/mol. The first-order valence-electron chi connectivity index (χ1n) is 14.2. The van der Waals surface area contributed by atoms with Crippen LogP contribution in [0.15, 0.2) is 115 Å². The zero-order chi connectivity index (χ0) is 28.1. The number of ether oxygens (including phenoxy) is 1. The topological polar surface area (TPSA) is 48.0 Å². The van der Waals surface area contributed by atoms with Crippen LogP contribution in [-0.4, -0.2) is 23.1 Å². The molecular formula is C36H33NO4. The monoisotopic (exact) mass is 543 g/mol. The number of carbonyl (C=O) groups is 1. The Morgan fingerprint density at radius 3 is 1.93 bits per heavy atom. The molecule has 2 atom stereocenters. The standard InChI is InChI=1S/C36H33NO4/c1-26-13-17-30(18-14-26)35(31-19-15-27(2)16-20-31)25-34-23-32(29-11-7-4-8-12-29)39-36(34,41-40-35)21-22-37(33(34)38)24-28-9-5-3-6-10-28/h3-20,23H,21-22,24-25H2,1-2H3. The van der Waals surface area contributed by atoms with Crippen LogP contribution in [0.2, 0.25) is 0 Å². The van der Waals surface area contributed by atoms with E-state index in [1.54, 1.807) is 0 Å². The average Bonchev–Trinajstić information content (AvgIpc) is 3.37. The molecular weight excluding hydrogens is 510 g/mol. The quantitative estimate of drug-likeness (QED) is 0.252. The summed E-state index contributed by atoms with van der Waals surface area (Å²) < 4.78 is 6.67. The van der Waals surface area contributed by atoms with Crippen molar-refractivity contribution in [3.05, 3.63) is 149 Å². The molecule has 5 heteroatoms. The zero-order valence-electron chi connectivity index (χ0n) is 23.4. The van der Waals surface area contributed by atoms with Crippen molar-refractivity contribution in [2.24, 2.45) is 5.41 Å². The van der Waals surface area contributed by atoms with Gasteiger partial charge < -0.3 is 9.64 Å². The molecule has 1 amide bonds. The summed E-state index contributed by atoms with van der Waals surface area (Å²) in [4.78, 5) is 29.8. The fraction of sp³-hybridized carbons (Fsp3) is 0.250. The van der Waals surface area contributed by atoms with E-state index in [2.05, 4.69) is 74.5 Å². The minimum atomic E-state index is -1.26. The highest BCUT2D eigenvalue weighted by Crippen LogP contribution is 2.63. The summed E-state index contributed by atoms with van der Waals surface area (Å²) in [7, 11) is 0. The molecule has 0 aromatic heterocycles. The van der Waals surface area contributed by atoms with Crippen molar-refractivity contribution in [3.8, 4) is 0 Å². The van der Waals surface area contributed by atoms with Gasteiger partial charge in [-0.1, -0.05) is 120 Å². The molecule has 206 valence electrons. The Labute approximate surface area is 240 Å². The molecule has 3 aliphatic heterocycles. The SMILES string of the molecule is Cc1ccc(C2(c3ccc(C)cc3)CC34C=C(c5ccccc5)OC3(CCN(Cc3ccccc3)C4=O)OO2)cc1. The van der Waals surface area contributed by atoms with Gasteiger partial charge in [-0.15, -0.1) is 0 Å². The van der Waals surface area contributed by atoms with Gasteiger partial charge in [-0.25, -0.2) is 4.89 Å². The van der Waals surface area contributed by atoms with Crippen LogP contribution in [0.25, 0.3) is 5.76 Å². The highest BCUT2D eigenvalue weighted by atomic mass is 17.2. The summed E-state index contributed by atoms with van der Waals surface area (Å²) in [5, 5.41) is 0. The molecule has 2 fully saturated rings. The first-order valence-corrected chi connectivity index (χ1v) is 14.2. The summed E-state index contributed by atoms with van der Waals surface area (Å²) in [5.74, 6) is -0.625.